The zero-order valence-electron chi connectivity index (χ0n) is 18.6. The van der Waals surface area contributed by atoms with Crippen molar-refractivity contribution in [3.63, 3.8) is 0 Å². The molecule has 1 aromatic heterocycles. The van der Waals surface area contributed by atoms with Crippen LogP contribution in [-0.2, 0) is 0 Å². The summed E-state index contributed by atoms with van der Waals surface area (Å²) in [6, 6.07) is 11.1. The SMILES string of the molecule is CCCC(C)N1CCC(c2c[nH]c3ccc(NC(=S)Nc4cc(F)cc(Cl)c4)cc23)CC1. The Morgan fingerprint density at radius 1 is 1.19 bits per heavy atom. The molecule has 2 heterocycles. The lowest BCUT2D eigenvalue weighted by Gasteiger charge is -2.36. The second-order valence-corrected chi connectivity index (χ2v) is 9.53. The summed E-state index contributed by atoms with van der Waals surface area (Å²) >= 11 is 11.4. The highest BCUT2D eigenvalue weighted by Gasteiger charge is 2.25. The number of anilines is 2. The average molecular weight is 473 g/mol. The number of rotatable bonds is 6. The second-order valence-electron chi connectivity index (χ2n) is 8.69. The van der Waals surface area contributed by atoms with E-state index in [9.17, 15) is 4.39 Å². The van der Waals surface area contributed by atoms with Gasteiger partial charge in [-0.05, 0) is 99.4 Å². The smallest absolute Gasteiger partial charge is 0.175 e. The molecule has 0 aliphatic carbocycles. The standard InChI is InChI=1S/C25H30ClFN4S/c1-3-4-16(2)31-9-7-17(8-10-31)23-15-28-24-6-5-20(14-22(23)24)29-25(32)30-21-12-18(26)11-19(27)13-21/h5-6,11-17,28H,3-4,7-10H2,1-2H3,(H2,29,30,32). The first-order chi connectivity index (χ1) is 15.4. The summed E-state index contributed by atoms with van der Waals surface area (Å²) in [4.78, 5) is 6.06. The number of halogens is 2. The van der Waals surface area contributed by atoms with Gasteiger partial charge in [-0.15, -0.1) is 0 Å². The molecule has 4 nitrogen and oxygen atoms in total. The Hall–Kier alpha value is -2.15. The summed E-state index contributed by atoms with van der Waals surface area (Å²) in [5.74, 6) is 0.153. The quantitative estimate of drug-likeness (QED) is 0.333. The predicted octanol–water partition coefficient (Wildman–Crippen LogP) is 7.14. The molecule has 32 heavy (non-hydrogen) atoms. The summed E-state index contributed by atoms with van der Waals surface area (Å²) in [5.41, 5.74) is 3.91. The normalized spacial score (nSPS) is 16.2. The van der Waals surface area contributed by atoms with E-state index < -0.39 is 5.82 Å². The van der Waals surface area contributed by atoms with Gasteiger partial charge in [0.2, 0.25) is 0 Å². The van der Waals surface area contributed by atoms with E-state index >= 15 is 0 Å². The van der Waals surface area contributed by atoms with Crippen molar-refractivity contribution in [3.05, 3.63) is 59.0 Å². The number of fused-ring (bicyclic) bond motifs is 1. The largest absolute Gasteiger partial charge is 0.361 e. The molecule has 0 radical (unpaired) electrons. The maximum absolute atomic E-state index is 13.6. The van der Waals surface area contributed by atoms with E-state index in [1.54, 1.807) is 6.07 Å². The number of nitrogens with zero attached hydrogens (tertiary/aromatic N) is 1. The fourth-order valence-electron chi connectivity index (χ4n) is 4.73. The van der Waals surface area contributed by atoms with Gasteiger partial charge in [-0.1, -0.05) is 24.9 Å². The minimum Gasteiger partial charge on any atom is -0.361 e. The van der Waals surface area contributed by atoms with Crippen molar-refractivity contribution in [3.8, 4) is 0 Å². The highest BCUT2D eigenvalue weighted by molar-refractivity contribution is 7.80. The zero-order valence-corrected chi connectivity index (χ0v) is 20.1. The van der Waals surface area contributed by atoms with E-state index in [1.807, 2.05) is 6.07 Å². The van der Waals surface area contributed by atoms with Crippen LogP contribution in [0.4, 0.5) is 15.8 Å². The first-order valence-electron chi connectivity index (χ1n) is 11.3. The second kappa shape index (κ2) is 10.2. The Kier molecular flexibility index (Phi) is 7.33. The number of hydrogen-bond acceptors (Lipinski definition) is 2. The number of thiocarbonyl (C=S) groups is 1. The van der Waals surface area contributed by atoms with Crippen molar-refractivity contribution < 1.29 is 4.39 Å². The van der Waals surface area contributed by atoms with Gasteiger partial charge in [0, 0.05) is 39.5 Å². The molecule has 3 aromatic rings. The maximum atomic E-state index is 13.6. The Bertz CT molecular complexity index is 1070. The van der Waals surface area contributed by atoms with E-state index in [-0.39, 0.29) is 0 Å². The maximum Gasteiger partial charge on any atom is 0.175 e. The van der Waals surface area contributed by atoms with Gasteiger partial charge in [0.1, 0.15) is 5.82 Å². The van der Waals surface area contributed by atoms with Crippen LogP contribution in [0.5, 0.6) is 0 Å². The molecule has 4 rings (SSSR count). The number of aromatic nitrogens is 1. The summed E-state index contributed by atoms with van der Waals surface area (Å²) in [5, 5.41) is 8.15. The molecular weight excluding hydrogens is 443 g/mol. The third-order valence-electron chi connectivity index (χ3n) is 6.39. The van der Waals surface area contributed by atoms with Crippen LogP contribution in [0.25, 0.3) is 10.9 Å². The molecule has 0 saturated carbocycles. The van der Waals surface area contributed by atoms with Crippen LogP contribution in [0.15, 0.2) is 42.6 Å². The molecule has 170 valence electrons. The van der Waals surface area contributed by atoms with Crippen LogP contribution in [0, 0.1) is 5.82 Å². The predicted molar refractivity (Wildman–Crippen MR) is 137 cm³/mol. The fourth-order valence-corrected chi connectivity index (χ4v) is 5.19. The summed E-state index contributed by atoms with van der Waals surface area (Å²) in [7, 11) is 0. The van der Waals surface area contributed by atoms with Crippen molar-refractivity contribution in [1.82, 2.24) is 9.88 Å². The lowest BCUT2D eigenvalue weighted by molar-refractivity contribution is 0.155. The van der Waals surface area contributed by atoms with E-state index in [2.05, 4.69) is 52.7 Å². The summed E-state index contributed by atoms with van der Waals surface area (Å²) in [6.45, 7) is 6.92. The van der Waals surface area contributed by atoms with Crippen molar-refractivity contribution in [2.24, 2.45) is 0 Å². The molecule has 7 heteroatoms. The van der Waals surface area contributed by atoms with Crippen LogP contribution in [0.2, 0.25) is 5.02 Å². The van der Waals surface area contributed by atoms with Gasteiger partial charge >= 0.3 is 0 Å². The Balaban J connectivity index is 1.44. The molecule has 1 unspecified atom stereocenters. The van der Waals surface area contributed by atoms with E-state index in [0.717, 1.165) is 24.3 Å². The molecule has 0 amide bonds. The highest BCUT2D eigenvalue weighted by atomic mass is 35.5. The average Bonchev–Trinajstić information content (AvgIpc) is 3.16. The molecule has 1 fully saturated rings. The number of nitrogens with one attached hydrogen (secondary N) is 3. The number of piperidine rings is 1. The molecule has 1 aliphatic heterocycles. The van der Waals surface area contributed by atoms with Gasteiger partial charge in [0.05, 0.1) is 0 Å². The zero-order chi connectivity index (χ0) is 22.7. The highest BCUT2D eigenvalue weighted by Crippen LogP contribution is 2.35. The third kappa shape index (κ3) is 5.42. The minimum atomic E-state index is -0.406. The van der Waals surface area contributed by atoms with Crippen molar-refractivity contribution in [2.75, 3.05) is 23.7 Å². The molecule has 0 spiro atoms. The van der Waals surface area contributed by atoms with Gasteiger partial charge in [0.15, 0.2) is 5.11 Å². The van der Waals surface area contributed by atoms with Crippen LogP contribution < -0.4 is 10.6 Å². The molecule has 1 aliphatic rings. The van der Waals surface area contributed by atoms with E-state index in [1.165, 1.54) is 48.8 Å². The minimum absolute atomic E-state index is 0.323. The third-order valence-corrected chi connectivity index (χ3v) is 6.81. The van der Waals surface area contributed by atoms with Crippen molar-refractivity contribution >= 4 is 51.2 Å². The van der Waals surface area contributed by atoms with Gasteiger partial charge in [-0.3, -0.25) is 0 Å². The Morgan fingerprint density at radius 2 is 1.94 bits per heavy atom. The van der Waals surface area contributed by atoms with E-state index in [4.69, 9.17) is 23.8 Å². The Morgan fingerprint density at radius 3 is 2.66 bits per heavy atom. The molecule has 0 bridgehead atoms. The van der Waals surface area contributed by atoms with Gasteiger partial charge in [0.25, 0.3) is 0 Å². The van der Waals surface area contributed by atoms with Crippen molar-refractivity contribution in [1.29, 1.82) is 0 Å². The number of hydrogen-bond donors (Lipinski definition) is 3. The fraction of sp³-hybridized carbons (Fsp3) is 0.400. The van der Waals surface area contributed by atoms with Gasteiger partial charge < -0.3 is 20.5 Å². The van der Waals surface area contributed by atoms with Crippen LogP contribution in [-0.4, -0.2) is 34.1 Å². The molecule has 1 atom stereocenters. The number of likely N-dealkylation sites (tertiary alicyclic amines) is 1. The van der Waals surface area contributed by atoms with Gasteiger partial charge in [-0.2, -0.15) is 0 Å². The molecule has 1 saturated heterocycles. The lowest BCUT2D eigenvalue weighted by Crippen LogP contribution is -2.39. The van der Waals surface area contributed by atoms with Crippen LogP contribution >= 0.6 is 23.8 Å². The van der Waals surface area contributed by atoms with Crippen LogP contribution in [0.1, 0.15) is 51.0 Å². The molecule has 2 aromatic carbocycles. The number of aromatic amines is 1. The van der Waals surface area contributed by atoms with E-state index in [0.29, 0.717) is 27.8 Å². The number of benzene rings is 2. The topological polar surface area (TPSA) is 43.1 Å². The summed E-state index contributed by atoms with van der Waals surface area (Å²) in [6.07, 6.45) is 7.03. The van der Waals surface area contributed by atoms with Crippen LogP contribution in [0.3, 0.4) is 0 Å². The van der Waals surface area contributed by atoms with Gasteiger partial charge in [-0.25, -0.2) is 4.39 Å². The van der Waals surface area contributed by atoms with Crippen molar-refractivity contribution in [2.45, 2.75) is 51.5 Å². The Labute approximate surface area is 199 Å². The lowest BCUT2D eigenvalue weighted by atomic mass is 9.88. The number of H-pyrrole nitrogens is 1. The molecule has 3 N–H and O–H groups in total. The monoisotopic (exact) mass is 472 g/mol. The first-order valence-corrected chi connectivity index (χ1v) is 12.1. The first kappa shape index (κ1) is 23.0. The molecular formula is C25H30ClFN4S. The summed E-state index contributed by atoms with van der Waals surface area (Å²) < 4.78 is 13.6.